The molecular formula is C21H27NO. The Bertz CT molecular complexity index is 598. The molecule has 2 nitrogen and oxygen atoms in total. The number of hydrogen-bond donors (Lipinski definition) is 0. The summed E-state index contributed by atoms with van der Waals surface area (Å²) in [6.45, 7) is 5.66. The Morgan fingerprint density at radius 1 is 1.00 bits per heavy atom. The fraction of sp³-hybridized carbons (Fsp3) is 0.429. The first kappa shape index (κ1) is 16.1. The van der Waals surface area contributed by atoms with E-state index in [1.54, 1.807) is 0 Å². The molecule has 23 heavy (non-hydrogen) atoms. The summed E-state index contributed by atoms with van der Waals surface area (Å²) in [6.07, 6.45) is 4.73. The Balaban J connectivity index is 2.03. The molecule has 0 N–H and O–H groups in total. The van der Waals surface area contributed by atoms with Crippen LogP contribution in [0.5, 0.6) is 5.75 Å². The molecule has 2 atom stereocenters. The standard InChI is InChI=1S/C21H27NO/c1-3-21(19-13-6-4-7-14-19,22-17-11-10-12-18(22)2)23-20-15-8-5-9-16-20/h4-9,13-16,18H,3,10-12,17H2,1-2H3/t18?,21-/m1/s1. The summed E-state index contributed by atoms with van der Waals surface area (Å²) >= 11 is 0. The maximum absolute atomic E-state index is 6.67. The second-order valence-corrected chi connectivity index (χ2v) is 6.46. The lowest BCUT2D eigenvalue weighted by Crippen LogP contribution is -2.55. The fourth-order valence-corrected chi connectivity index (χ4v) is 3.78. The number of rotatable bonds is 5. The molecule has 0 aromatic heterocycles. The topological polar surface area (TPSA) is 12.5 Å². The molecule has 1 aliphatic heterocycles. The van der Waals surface area contributed by atoms with Crippen LogP contribution in [0, 0.1) is 0 Å². The van der Waals surface area contributed by atoms with Gasteiger partial charge >= 0.3 is 0 Å². The van der Waals surface area contributed by atoms with Gasteiger partial charge in [-0.3, -0.25) is 4.90 Å². The van der Waals surface area contributed by atoms with Gasteiger partial charge in [-0.2, -0.15) is 0 Å². The summed E-state index contributed by atoms with van der Waals surface area (Å²) in [5, 5.41) is 0. The molecule has 1 unspecified atom stereocenters. The van der Waals surface area contributed by atoms with Crippen molar-refractivity contribution in [3.63, 3.8) is 0 Å². The summed E-state index contributed by atoms with van der Waals surface area (Å²) < 4.78 is 6.67. The van der Waals surface area contributed by atoms with Crippen molar-refractivity contribution >= 4 is 0 Å². The lowest BCUT2D eigenvalue weighted by atomic mass is 9.92. The van der Waals surface area contributed by atoms with E-state index in [9.17, 15) is 0 Å². The molecule has 0 saturated carbocycles. The smallest absolute Gasteiger partial charge is 0.189 e. The van der Waals surface area contributed by atoms with Crippen LogP contribution >= 0.6 is 0 Å². The highest BCUT2D eigenvalue weighted by Crippen LogP contribution is 2.39. The summed E-state index contributed by atoms with van der Waals surface area (Å²) in [5.74, 6) is 0.941. The Morgan fingerprint density at radius 3 is 2.26 bits per heavy atom. The minimum absolute atomic E-state index is 0.386. The molecule has 0 radical (unpaired) electrons. The number of hydrogen-bond acceptors (Lipinski definition) is 2. The molecule has 122 valence electrons. The molecule has 1 fully saturated rings. The minimum Gasteiger partial charge on any atom is -0.468 e. The van der Waals surface area contributed by atoms with E-state index in [1.807, 2.05) is 18.2 Å². The summed E-state index contributed by atoms with van der Waals surface area (Å²) in [4.78, 5) is 2.57. The van der Waals surface area contributed by atoms with Gasteiger partial charge in [0.2, 0.25) is 0 Å². The van der Waals surface area contributed by atoms with Crippen LogP contribution in [0.4, 0.5) is 0 Å². The molecule has 3 rings (SSSR count). The third kappa shape index (κ3) is 3.28. The van der Waals surface area contributed by atoms with E-state index in [2.05, 4.69) is 61.2 Å². The average Bonchev–Trinajstić information content (AvgIpc) is 2.62. The van der Waals surface area contributed by atoms with E-state index < -0.39 is 0 Å². The number of benzene rings is 2. The largest absolute Gasteiger partial charge is 0.468 e. The van der Waals surface area contributed by atoms with Crippen LogP contribution in [0.1, 0.15) is 45.1 Å². The molecule has 1 aliphatic rings. The van der Waals surface area contributed by atoms with Crippen molar-refractivity contribution in [3.8, 4) is 5.75 Å². The second-order valence-electron chi connectivity index (χ2n) is 6.46. The van der Waals surface area contributed by atoms with Gasteiger partial charge in [0.15, 0.2) is 5.72 Å². The van der Waals surface area contributed by atoms with E-state index in [-0.39, 0.29) is 5.72 Å². The highest BCUT2D eigenvalue weighted by molar-refractivity contribution is 5.28. The number of para-hydroxylation sites is 1. The van der Waals surface area contributed by atoms with Crippen molar-refractivity contribution in [2.24, 2.45) is 0 Å². The molecule has 1 heterocycles. The number of likely N-dealkylation sites (tertiary alicyclic amines) is 1. The first-order valence-electron chi connectivity index (χ1n) is 8.82. The molecule has 0 spiro atoms. The van der Waals surface area contributed by atoms with Gasteiger partial charge in [0.25, 0.3) is 0 Å². The van der Waals surface area contributed by atoms with E-state index in [0.717, 1.165) is 18.7 Å². The van der Waals surface area contributed by atoms with Crippen molar-refractivity contribution in [1.82, 2.24) is 4.90 Å². The molecular weight excluding hydrogens is 282 g/mol. The van der Waals surface area contributed by atoms with Gasteiger partial charge in [-0.15, -0.1) is 0 Å². The van der Waals surface area contributed by atoms with Crippen LogP contribution < -0.4 is 4.74 Å². The van der Waals surface area contributed by atoms with E-state index in [4.69, 9.17) is 4.74 Å². The summed E-state index contributed by atoms with van der Waals surface area (Å²) in [5.41, 5.74) is 0.864. The van der Waals surface area contributed by atoms with Crippen LogP contribution in [0.15, 0.2) is 60.7 Å². The molecule has 0 aliphatic carbocycles. The number of nitrogens with zero attached hydrogens (tertiary/aromatic N) is 1. The maximum atomic E-state index is 6.67. The Hall–Kier alpha value is -1.80. The van der Waals surface area contributed by atoms with Gasteiger partial charge in [0, 0.05) is 24.6 Å². The van der Waals surface area contributed by atoms with Gasteiger partial charge in [-0.05, 0) is 31.9 Å². The van der Waals surface area contributed by atoms with Gasteiger partial charge < -0.3 is 4.74 Å². The van der Waals surface area contributed by atoms with Crippen molar-refractivity contribution < 1.29 is 4.74 Å². The molecule has 2 aromatic rings. The first-order chi connectivity index (χ1) is 11.3. The van der Waals surface area contributed by atoms with Gasteiger partial charge in [-0.1, -0.05) is 61.9 Å². The lowest BCUT2D eigenvalue weighted by molar-refractivity contribution is -0.125. The summed E-state index contributed by atoms with van der Waals surface area (Å²) in [6, 6.07) is 21.5. The predicted molar refractivity (Wildman–Crippen MR) is 95.5 cm³/mol. The van der Waals surface area contributed by atoms with Gasteiger partial charge in [-0.25, -0.2) is 0 Å². The summed E-state index contributed by atoms with van der Waals surface area (Å²) in [7, 11) is 0. The highest BCUT2D eigenvalue weighted by atomic mass is 16.5. The van der Waals surface area contributed by atoms with Gasteiger partial charge in [0.1, 0.15) is 5.75 Å². The van der Waals surface area contributed by atoms with Crippen LogP contribution in [-0.4, -0.2) is 17.5 Å². The Morgan fingerprint density at radius 2 is 1.65 bits per heavy atom. The van der Waals surface area contributed by atoms with Crippen LogP contribution in [0.2, 0.25) is 0 Å². The average molecular weight is 309 g/mol. The first-order valence-corrected chi connectivity index (χ1v) is 8.82. The highest BCUT2D eigenvalue weighted by Gasteiger charge is 2.42. The Labute approximate surface area is 140 Å². The molecule has 0 amide bonds. The fourth-order valence-electron chi connectivity index (χ4n) is 3.78. The van der Waals surface area contributed by atoms with Gasteiger partial charge in [0.05, 0.1) is 0 Å². The van der Waals surface area contributed by atoms with E-state index in [0.29, 0.717) is 6.04 Å². The lowest BCUT2D eigenvalue weighted by Gasteiger charge is -2.48. The monoisotopic (exact) mass is 309 g/mol. The third-order valence-electron chi connectivity index (χ3n) is 5.00. The molecule has 2 aromatic carbocycles. The van der Waals surface area contributed by atoms with Crippen LogP contribution in [0.3, 0.4) is 0 Å². The molecule has 0 bridgehead atoms. The zero-order valence-corrected chi connectivity index (χ0v) is 14.2. The van der Waals surface area contributed by atoms with Crippen LogP contribution in [-0.2, 0) is 5.72 Å². The maximum Gasteiger partial charge on any atom is 0.189 e. The molecule has 1 saturated heterocycles. The predicted octanol–water partition coefficient (Wildman–Crippen LogP) is 5.20. The number of ether oxygens (including phenoxy) is 1. The van der Waals surface area contributed by atoms with Crippen molar-refractivity contribution in [3.05, 3.63) is 66.2 Å². The van der Waals surface area contributed by atoms with E-state index >= 15 is 0 Å². The third-order valence-corrected chi connectivity index (χ3v) is 5.00. The molecule has 2 heteroatoms. The van der Waals surface area contributed by atoms with E-state index in [1.165, 1.54) is 24.8 Å². The normalized spacial score (nSPS) is 21.6. The zero-order valence-electron chi connectivity index (χ0n) is 14.2. The second kappa shape index (κ2) is 7.18. The Kier molecular flexibility index (Phi) is 5.02. The zero-order chi connectivity index (χ0) is 16.1. The van der Waals surface area contributed by atoms with Crippen molar-refractivity contribution in [2.45, 2.75) is 51.3 Å². The van der Waals surface area contributed by atoms with Crippen molar-refractivity contribution in [1.29, 1.82) is 0 Å². The van der Waals surface area contributed by atoms with Crippen LogP contribution in [0.25, 0.3) is 0 Å². The minimum atomic E-state index is -0.386. The van der Waals surface area contributed by atoms with Crippen molar-refractivity contribution in [2.75, 3.05) is 6.54 Å². The number of piperidine rings is 1. The quantitative estimate of drug-likeness (QED) is 0.752. The SMILES string of the molecule is CC[C@@](Oc1ccccc1)(c1ccccc1)N1CCCCC1C.